The Hall–Kier alpha value is -3.95. The van der Waals surface area contributed by atoms with Crippen LogP contribution in [0.3, 0.4) is 0 Å². The Labute approximate surface area is 167 Å². The minimum atomic E-state index is -0.449. The Balaban J connectivity index is 1.51. The first-order valence-electron chi connectivity index (χ1n) is 9.20. The summed E-state index contributed by atoms with van der Waals surface area (Å²) in [6.45, 7) is 2.59. The van der Waals surface area contributed by atoms with Gasteiger partial charge in [0.2, 0.25) is 11.6 Å². The van der Waals surface area contributed by atoms with Crippen molar-refractivity contribution in [1.82, 2.24) is 15.0 Å². The maximum Gasteiger partial charge on any atom is 0.355 e. The number of anilines is 4. The lowest BCUT2D eigenvalue weighted by Crippen LogP contribution is -2.47. The van der Waals surface area contributed by atoms with Gasteiger partial charge in [0, 0.05) is 32.4 Å². The molecule has 1 saturated heterocycles. The largest absolute Gasteiger partial charge is 0.355 e. The Morgan fingerprint density at radius 1 is 0.862 bits per heavy atom. The van der Waals surface area contributed by atoms with Gasteiger partial charge in [0.15, 0.2) is 0 Å². The maximum absolute atomic E-state index is 11.8. The van der Waals surface area contributed by atoms with Gasteiger partial charge in [-0.3, -0.25) is 21.0 Å². The number of piperazine rings is 1. The van der Waals surface area contributed by atoms with Crippen LogP contribution in [0.25, 0.3) is 0 Å². The minimum Gasteiger partial charge on any atom is -0.353 e. The number of nitrogens with zero attached hydrogens (tertiary/aromatic N) is 6. The topological polar surface area (TPSA) is 112 Å². The Kier molecular flexibility index (Phi) is 5.32. The molecule has 1 fully saturated rings. The van der Waals surface area contributed by atoms with E-state index >= 15 is 0 Å². The lowest BCUT2D eigenvalue weighted by molar-refractivity contribution is -0.383. The van der Waals surface area contributed by atoms with E-state index in [4.69, 9.17) is 0 Å². The highest BCUT2D eigenvalue weighted by Gasteiger charge is 2.29. The molecule has 1 aliphatic heterocycles. The van der Waals surface area contributed by atoms with Crippen molar-refractivity contribution in [3.63, 3.8) is 0 Å². The van der Waals surface area contributed by atoms with Crippen molar-refractivity contribution in [1.29, 1.82) is 0 Å². The van der Waals surface area contributed by atoms with E-state index in [1.54, 1.807) is 6.20 Å². The fourth-order valence-electron chi connectivity index (χ4n) is 3.20. The van der Waals surface area contributed by atoms with E-state index in [0.717, 1.165) is 11.5 Å². The van der Waals surface area contributed by atoms with Gasteiger partial charge in [-0.1, -0.05) is 24.3 Å². The van der Waals surface area contributed by atoms with E-state index in [1.165, 1.54) is 6.33 Å². The zero-order chi connectivity index (χ0) is 20.1. The summed E-state index contributed by atoms with van der Waals surface area (Å²) in [6.07, 6.45) is 3.09. The lowest BCUT2D eigenvalue weighted by Gasteiger charge is -2.35. The third kappa shape index (κ3) is 4.15. The van der Waals surface area contributed by atoms with Gasteiger partial charge < -0.3 is 9.80 Å². The third-order valence-electron chi connectivity index (χ3n) is 4.64. The number of rotatable bonds is 6. The van der Waals surface area contributed by atoms with Crippen LogP contribution in [0.15, 0.2) is 61.1 Å². The summed E-state index contributed by atoms with van der Waals surface area (Å²) in [5, 5.41) is 11.8. The van der Waals surface area contributed by atoms with Crippen LogP contribution >= 0.6 is 0 Å². The van der Waals surface area contributed by atoms with Crippen LogP contribution in [0.5, 0.6) is 0 Å². The van der Waals surface area contributed by atoms with Crippen LogP contribution < -0.4 is 20.7 Å². The van der Waals surface area contributed by atoms with E-state index in [0.29, 0.717) is 32.0 Å². The summed E-state index contributed by atoms with van der Waals surface area (Å²) in [4.78, 5) is 28.0. The minimum absolute atomic E-state index is 0.121. The van der Waals surface area contributed by atoms with E-state index in [2.05, 4.69) is 30.7 Å². The van der Waals surface area contributed by atoms with Crippen molar-refractivity contribution in [3.05, 3.63) is 71.2 Å². The maximum atomic E-state index is 11.8. The molecule has 1 aliphatic rings. The molecule has 10 nitrogen and oxygen atoms in total. The second kappa shape index (κ2) is 8.38. The number of benzene rings is 1. The van der Waals surface area contributed by atoms with Gasteiger partial charge in [0.1, 0.15) is 12.1 Å². The monoisotopic (exact) mass is 392 g/mol. The molecule has 2 aromatic heterocycles. The highest BCUT2D eigenvalue weighted by molar-refractivity contribution is 5.71. The van der Waals surface area contributed by atoms with E-state index in [9.17, 15) is 10.1 Å². The quantitative estimate of drug-likeness (QED) is 0.483. The van der Waals surface area contributed by atoms with Gasteiger partial charge >= 0.3 is 5.69 Å². The molecule has 0 amide bonds. The van der Waals surface area contributed by atoms with Gasteiger partial charge in [-0.25, -0.2) is 15.0 Å². The predicted octanol–water partition coefficient (Wildman–Crippen LogP) is 2.55. The SMILES string of the molecule is O=[N+]([O-])c1c(NNc2ccccc2)ncnc1N1CCN(c2ccccn2)CC1. The van der Waals surface area contributed by atoms with Crippen LogP contribution in [0, 0.1) is 10.1 Å². The molecule has 148 valence electrons. The van der Waals surface area contributed by atoms with E-state index in [1.807, 2.05) is 53.4 Å². The van der Waals surface area contributed by atoms with Crippen molar-refractivity contribution >= 4 is 28.8 Å². The fourth-order valence-corrected chi connectivity index (χ4v) is 3.20. The van der Waals surface area contributed by atoms with Crippen molar-refractivity contribution in [3.8, 4) is 0 Å². The predicted molar refractivity (Wildman–Crippen MR) is 111 cm³/mol. The molecule has 2 N–H and O–H groups in total. The van der Waals surface area contributed by atoms with Gasteiger partial charge in [-0.15, -0.1) is 0 Å². The summed E-state index contributed by atoms with van der Waals surface area (Å²) in [7, 11) is 0. The Morgan fingerprint density at radius 2 is 1.59 bits per heavy atom. The summed E-state index contributed by atoms with van der Waals surface area (Å²) >= 11 is 0. The normalized spacial score (nSPS) is 13.8. The smallest absolute Gasteiger partial charge is 0.353 e. The summed E-state index contributed by atoms with van der Waals surface area (Å²) in [6, 6.07) is 15.1. The second-order valence-electron chi connectivity index (χ2n) is 6.43. The van der Waals surface area contributed by atoms with E-state index in [-0.39, 0.29) is 11.5 Å². The highest BCUT2D eigenvalue weighted by atomic mass is 16.6. The van der Waals surface area contributed by atoms with Gasteiger partial charge in [-0.2, -0.15) is 0 Å². The number of hydrogen-bond acceptors (Lipinski definition) is 9. The summed E-state index contributed by atoms with van der Waals surface area (Å²) < 4.78 is 0. The molecule has 0 atom stereocenters. The lowest BCUT2D eigenvalue weighted by atomic mass is 10.3. The average Bonchev–Trinajstić information content (AvgIpc) is 2.78. The van der Waals surface area contributed by atoms with Crippen molar-refractivity contribution < 1.29 is 4.92 Å². The number of aromatic nitrogens is 3. The van der Waals surface area contributed by atoms with Crippen LogP contribution in [-0.4, -0.2) is 46.1 Å². The molecule has 4 rings (SSSR count). The standard InChI is InChI=1S/C19H20N8O2/c28-27(29)17-18(24-23-15-6-2-1-3-7-15)21-14-22-19(17)26-12-10-25(11-13-26)16-8-4-5-9-20-16/h1-9,14,23H,10-13H2,(H,21,22,24). The molecule has 1 aromatic carbocycles. The number of para-hydroxylation sites is 1. The van der Waals surface area contributed by atoms with Crippen molar-refractivity contribution in [2.75, 3.05) is 46.8 Å². The molecular formula is C19H20N8O2. The van der Waals surface area contributed by atoms with Gasteiger partial charge in [0.05, 0.1) is 10.6 Å². The molecule has 0 saturated carbocycles. The first-order chi connectivity index (χ1) is 14.2. The molecule has 0 spiro atoms. The Bertz CT molecular complexity index is 962. The highest BCUT2D eigenvalue weighted by Crippen LogP contribution is 2.32. The first-order valence-corrected chi connectivity index (χ1v) is 9.20. The molecule has 0 unspecified atom stereocenters. The summed E-state index contributed by atoms with van der Waals surface area (Å²) in [5.74, 6) is 1.33. The number of pyridine rings is 1. The zero-order valence-electron chi connectivity index (χ0n) is 15.6. The molecule has 0 radical (unpaired) electrons. The fraction of sp³-hybridized carbons (Fsp3) is 0.211. The number of hydrogen-bond donors (Lipinski definition) is 2. The molecule has 29 heavy (non-hydrogen) atoms. The van der Waals surface area contributed by atoms with Crippen LogP contribution in [0.2, 0.25) is 0 Å². The number of hydrazine groups is 1. The first kappa shape index (κ1) is 18.4. The second-order valence-corrected chi connectivity index (χ2v) is 6.43. The molecule has 10 heteroatoms. The third-order valence-corrected chi connectivity index (χ3v) is 4.64. The van der Waals surface area contributed by atoms with Crippen molar-refractivity contribution in [2.45, 2.75) is 0 Å². The Morgan fingerprint density at radius 3 is 2.28 bits per heavy atom. The van der Waals surface area contributed by atoms with Gasteiger partial charge in [-0.05, 0) is 24.3 Å². The van der Waals surface area contributed by atoms with Crippen LogP contribution in [-0.2, 0) is 0 Å². The van der Waals surface area contributed by atoms with Crippen molar-refractivity contribution in [2.24, 2.45) is 0 Å². The molecule has 0 aliphatic carbocycles. The molecule has 3 aromatic rings. The zero-order valence-corrected chi connectivity index (χ0v) is 15.6. The van der Waals surface area contributed by atoms with Crippen LogP contribution in [0.1, 0.15) is 0 Å². The summed E-state index contributed by atoms with van der Waals surface area (Å²) in [5.41, 5.74) is 6.39. The average molecular weight is 392 g/mol. The molecular weight excluding hydrogens is 372 g/mol. The number of nitro groups is 1. The van der Waals surface area contributed by atoms with Crippen LogP contribution in [0.4, 0.5) is 28.8 Å². The van der Waals surface area contributed by atoms with Gasteiger partial charge in [0.25, 0.3) is 0 Å². The molecule has 3 heterocycles. The number of nitrogens with one attached hydrogen (secondary N) is 2. The van der Waals surface area contributed by atoms with E-state index < -0.39 is 4.92 Å². The molecule has 0 bridgehead atoms.